The van der Waals surface area contributed by atoms with E-state index in [9.17, 15) is 4.79 Å². The van der Waals surface area contributed by atoms with Gasteiger partial charge in [-0.1, -0.05) is 23.5 Å². The molecule has 4 nitrogen and oxygen atoms in total. The van der Waals surface area contributed by atoms with Crippen molar-refractivity contribution in [1.82, 2.24) is 14.6 Å². The summed E-state index contributed by atoms with van der Waals surface area (Å²) in [5, 5.41) is 4.73. The zero-order valence-corrected chi connectivity index (χ0v) is 7.86. The van der Waals surface area contributed by atoms with Crippen molar-refractivity contribution in [2.75, 3.05) is 0 Å². The molecule has 0 saturated heterocycles. The molecule has 0 aliphatic heterocycles. The van der Waals surface area contributed by atoms with Gasteiger partial charge < -0.3 is 0 Å². The van der Waals surface area contributed by atoms with E-state index in [1.807, 2.05) is 18.2 Å². The maximum Gasteiger partial charge on any atom is 0.281 e. The lowest BCUT2D eigenvalue weighted by Crippen LogP contribution is -2.09. The summed E-state index contributed by atoms with van der Waals surface area (Å²) in [4.78, 5) is 16.1. The molecule has 5 heteroatoms. The smallest absolute Gasteiger partial charge is 0.267 e. The molecule has 0 radical (unpaired) electrons. The van der Waals surface area contributed by atoms with Crippen molar-refractivity contribution < 1.29 is 0 Å². The van der Waals surface area contributed by atoms with Crippen molar-refractivity contribution in [2.24, 2.45) is 0 Å². The Hall–Kier alpha value is -1.75. The van der Waals surface area contributed by atoms with Gasteiger partial charge in [-0.2, -0.15) is 10.1 Å². The molecule has 3 aromatic rings. The Kier molecular flexibility index (Phi) is 1.43. The Labute approximate surface area is 82.5 Å². The van der Waals surface area contributed by atoms with Crippen molar-refractivity contribution in [2.45, 2.75) is 0 Å². The van der Waals surface area contributed by atoms with E-state index in [-0.39, 0.29) is 5.56 Å². The van der Waals surface area contributed by atoms with Gasteiger partial charge in [0, 0.05) is 0 Å². The van der Waals surface area contributed by atoms with Crippen LogP contribution < -0.4 is 5.56 Å². The highest BCUT2D eigenvalue weighted by Crippen LogP contribution is 2.12. The summed E-state index contributed by atoms with van der Waals surface area (Å²) in [7, 11) is 0. The number of hydrogen-bond donors (Lipinski definition) is 0. The average Bonchev–Trinajstić information content (AvgIpc) is 2.66. The summed E-state index contributed by atoms with van der Waals surface area (Å²) in [6, 6.07) is 7.33. The Morgan fingerprint density at radius 2 is 2.14 bits per heavy atom. The third-order valence-corrected chi connectivity index (χ3v) is 2.74. The molecule has 1 aromatic carbocycles. The van der Waals surface area contributed by atoms with Gasteiger partial charge in [0.2, 0.25) is 4.96 Å². The van der Waals surface area contributed by atoms with Gasteiger partial charge in [-0.15, -0.1) is 0 Å². The second-order valence-electron chi connectivity index (χ2n) is 2.87. The Bertz CT molecular complexity index is 670. The molecule has 0 amide bonds. The van der Waals surface area contributed by atoms with Gasteiger partial charge in [0.1, 0.15) is 5.51 Å². The molecule has 0 aliphatic rings. The number of benzene rings is 1. The van der Waals surface area contributed by atoms with E-state index in [1.165, 1.54) is 11.3 Å². The van der Waals surface area contributed by atoms with E-state index in [4.69, 9.17) is 0 Å². The fourth-order valence-corrected chi connectivity index (χ4v) is 2.06. The second-order valence-corrected chi connectivity index (χ2v) is 3.68. The summed E-state index contributed by atoms with van der Waals surface area (Å²) in [5.74, 6) is 0. The van der Waals surface area contributed by atoms with Gasteiger partial charge >= 0.3 is 0 Å². The lowest BCUT2D eigenvalue weighted by molar-refractivity contribution is 0.977. The molecule has 0 unspecified atom stereocenters. The first kappa shape index (κ1) is 7.64. The molecule has 68 valence electrons. The second kappa shape index (κ2) is 2.62. The van der Waals surface area contributed by atoms with Crippen molar-refractivity contribution in [3.05, 3.63) is 40.1 Å². The number of hydrogen-bond acceptors (Lipinski definition) is 4. The lowest BCUT2D eigenvalue weighted by atomic mass is 10.2. The zero-order valence-electron chi connectivity index (χ0n) is 7.04. The SMILES string of the molecule is O=c1nc2scnn2c2ccccc12. The maximum atomic E-state index is 11.5. The third kappa shape index (κ3) is 0.898. The highest BCUT2D eigenvalue weighted by atomic mass is 32.1. The van der Waals surface area contributed by atoms with Crippen LogP contribution in [0.25, 0.3) is 15.9 Å². The largest absolute Gasteiger partial charge is 0.281 e. The fraction of sp³-hybridized carbons (Fsp3) is 0. The minimum absolute atomic E-state index is 0.190. The van der Waals surface area contributed by atoms with E-state index in [2.05, 4.69) is 10.1 Å². The van der Waals surface area contributed by atoms with Crippen LogP contribution in [0.1, 0.15) is 0 Å². The van der Waals surface area contributed by atoms with Crippen LogP contribution in [0.2, 0.25) is 0 Å². The molecule has 0 bridgehead atoms. The topological polar surface area (TPSA) is 47.3 Å². The molecule has 0 spiro atoms. The quantitative estimate of drug-likeness (QED) is 0.553. The minimum Gasteiger partial charge on any atom is -0.267 e. The predicted molar refractivity (Wildman–Crippen MR) is 54.6 cm³/mol. The van der Waals surface area contributed by atoms with Crippen LogP contribution >= 0.6 is 11.3 Å². The van der Waals surface area contributed by atoms with Gasteiger partial charge in [0.25, 0.3) is 5.56 Å². The molecular formula is C9H5N3OS. The summed E-state index contributed by atoms with van der Waals surface area (Å²) in [6.45, 7) is 0. The highest BCUT2D eigenvalue weighted by Gasteiger charge is 2.05. The van der Waals surface area contributed by atoms with E-state index in [0.717, 1.165) is 5.52 Å². The number of rotatable bonds is 0. The molecule has 0 saturated carbocycles. The molecule has 2 heterocycles. The first-order valence-electron chi connectivity index (χ1n) is 4.07. The average molecular weight is 203 g/mol. The van der Waals surface area contributed by atoms with Crippen LogP contribution in [-0.4, -0.2) is 14.6 Å². The summed E-state index contributed by atoms with van der Waals surface area (Å²) in [6.07, 6.45) is 0. The van der Waals surface area contributed by atoms with Crippen LogP contribution in [0.4, 0.5) is 0 Å². The zero-order chi connectivity index (χ0) is 9.54. The molecule has 0 atom stereocenters. The van der Waals surface area contributed by atoms with Gasteiger partial charge in [-0.25, -0.2) is 4.52 Å². The lowest BCUT2D eigenvalue weighted by Gasteiger charge is -1.97. The van der Waals surface area contributed by atoms with Crippen LogP contribution in [0, 0.1) is 0 Å². The highest BCUT2D eigenvalue weighted by molar-refractivity contribution is 7.14. The Morgan fingerprint density at radius 3 is 3.07 bits per heavy atom. The number of fused-ring (bicyclic) bond motifs is 3. The summed E-state index contributed by atoms with van der Waals surface area (Å²) >= 11 is 1.36. The monoisotopic (exact) mass is 203 g/mol. The molecule has 3 rings (SSSR count). The molecule has 14 heavy (non-hydrogen) atoms. The summed E-state index contributed by atoms with van der Waals surface area (Å²) in [5.41, 5.74) is 2.29. The summed E-state index contributed by atoms with van der Waals surface area (Å²) < 4.78 is 1.68. The van der Waals surface area contributed by atoms with Gasteiger partial charge in [-0.05, 0) is 12.1 Å². The van der Waals surface area contributed by atoms with E-state index in [1.54, 1.807) is 16.1 Å². The minimum atomic E-state index is -0.190. The van der Waals surface area contributed by atoms with Gasteiger partial charge in [-0.3, -0.25) is 4.79 Å². The third-order valence-electron chi connectivity index (χ3n) is 2.06. The van der Waals surface area contributed by atoms with Crippen molar-refractivity contribution in [1.29, 1.82) is 0 Å². The van der Waals surface area contributed by atoms with Crippen LogP contribution in [0.3, 0.4) is 0 Å². The standard InChI is InChI=1S/C9H5N3OS/c13-8-6-3-1-2-4-7(6)12-9(11-8)14-5-10-12/h1-5H. The molecule has 0 aliphatic carbocycles. The van der Waals surface area contributed by atoms with Crippen molar-refractivity contribution >= 4 is 27.2 Å². The van der Waals surface area contributed by atoms with Crippen LogP contribution in [-0.2, 0) is 0 Å². The maximum absolute atomic E-state index is 11.5. The molecule has 0 N–H and O–H groups in total. The fourth-order valence-electron chi connectivity index (χ4n) is 1.44. The van der Waals surface area contributed by atoms with Crippen molar-refractivity contribution in [3.63, 3.8) is 0 Å². The first-order valence-corrected chi connectivity index (χ1v) is 4.95. The molecule has 2 aromatic heterocycles. The Morgan fingerprint density at radius 1 is 1.29 bits per heavy atom. The normalized spacial score (nSPS) is 11.1. The van der Waals surface area contributed by atoms with Gasteiger partial charge in [0.05, 0.1) is 10.9 Å². The number of nitrogens with zero attached hydrogens (tertiary/aromatic N) is 3. The van der Waals surface area contributed by atoms with E-state index in [0.29, 0.717) is 10.3 Å². The number of aromatic nitrogens is 3. The predicted octanol–water partition coefficient (Wildman–Crippen LogP) is 1.30. The molecular weight excluding hydrogens is 198 g/mol. The van der Waals surface area contributed by atoms with Crippen molar-refractivity contribution in [3.8, 4) is 0 Å². The van der Waals surface area contributed by atoms with E-state index < -0.39 is 0 Å². The van der Waals surface area contributed by atoms with Crippen LogP contribution in [0.5, 0.6) is 0 Å². The van der Waals surface area contributed by atoms with E-state index >= 15 is 0 Å². The Balaban J connectivity index is 2.74. The van der Waals surface area contributed by atoms with Gasteiger partial charge in [0.15, 0.2) is 0 Å². The van der Waals surface area contributed by atoms with Crippen LogP contribution in [0.15, 0.2) is 34.6 Å². The first-order chi connectivity index (χ1) is 6.86. The molecule has 0 fully saturated rings. The number of para-hydroxylation sites is 1.